The smallest absolute Gasteiger partial charge is 0.234 e. The zero-order chi connectivity index (χ0) is 11.8. The van der Waals surface area contributed by atoms with Gasteiger partial charge in [-0.25, -0.2) is 0 Å². The molecule has 0 aliphatic heterocycles. The van der Waals surface area contributed by atoms with E-state index in [9.17, 15) is 4.79 Å². The SMILES string of the molecule is CCNC(CCSc1ccncc1)C(N)=O. The fraction of sp³-hybridized carbons (Fsp3) is 0.455. The molecule has 1 atom stereocenters. The largest absolute Gasteiger partial charge is 0.368 e. The fourth-order valence-electron chi connectivity index (χ4n) is 1.32. The Kier molecular flexibility index (Phi) is 5.88. The lowest BCUT2D eigenvalue weighted by Gasteiger charge is -2.13. The van der Waals surface area contributed by atoms with Crippen LogP contribution in [0.5, 0.6) is 0 Å². The Morgan fingerprint density at radius 2 is 2.25 bits per heavy atom. The molecule has 88 valence electrons. The predicted octanol–water partition coefficient (Wildman–Crippen LogP) is 1.03. The van der Waals surface area contributed by atoms with Crippen LogP contribution in [0.15, 0.2) is 29.4 Å². The van der Waals surface area contributed by atoms with Crippen LogP contribution < -0.4 is 11.1 Å². The molecule has 0 bridgehead atoms. The second-order valence-electron chi connectivity index (χ2n) is 3.33. The van der Waals surface area contributed by atoms with Gasteiger partial charge in [-0.05, 0) is 30.9 Å². The molecule has 3 N–H and O–H groups in total. The number of amides is 1. The lowest BCUT2D eigenvalue weighted by atomic mass is 10.2. The van der Waals surface area contributed by atoms with Gasteiger partial charge in [-0.15, -0.1) is 11.8 Å². The summed E-state index contributed by atoms with van der Waals surface area (Å²) < 4.78 is 0. The van der Waals surface area contributed by atoms with Crippen LogP contribution in [0.25, 0.3) is 0 Å². The monoisotopic (exact) mass is 239 g/mol. The van der Waals surface area contributed by atoms with Gasteiger partial charge >= 0.3 is 0 Å². The van der Waals surface area contributed by atoms with Crippen LogP contribution in [-0.2, 0) is 4.79 Å². The Labute approximate surface area is 100 Å². The van der Waals surface area contributed by atoms with E-state index < -0.39 is 0 Å². The molecule has 0 fully saturated rings. The minimum Gasteiger partial charge on any atom is -0.368 e. The predicted molar refractivity (Wildman–Crippen MR) is 66.2 cm³/mol. The van der Waals surface area contributed by atoms with Crippen molar-refractivity contribution in [3.63, 3.8) is 0 Å². The summed E-state index contributed by atoms with van der Waals surface area (Å²) in [6.07, 6.45) is 4.27. The molecule has 1 rings (SSSR count). The van der Waals surface area contributed by atoms with Gasteiger partial charge in [-0.2, -0.15) is 0 Å². The van der Waals surface area contributed by atoms with Crippen LogP contribution in [-0.4, -0.2) is 29.2 Å². The van der Waals surface area contributed by atoms with Gasteiger partial charge in [0.25, 0.3) is 0 Å². The second-order valence-corrected chi connectivity index (χ2v) is 4.50. The highest BCUT2D eigenvalue weighted by Gasteiger charge is 2.12. The number of carbonyl (C=O) groups is 1. The third-order valence-corrected chi connectivity index (χ3v) is 3.16. The van der Waals surface area contributed by atoms with Crippen molar-refractivity contribution in [1.82, 2.24) is 10.3 Å². The van der Waals surface area contributed by atoms with Gasteiger partial charge in [0.15, 0.2) is 0 Å². The summed E-state index contributed by atoms with van der Waals surface area (Å²) in [5.74, 6) is 0.585. The minimum absolute atomic E-state index is 0.223. The van der Waals surface area contributed by atoms with Crippen molar-refractivity contribution in [2.45, 2.75) is 24.3 Å². The number of aromatic nitrogens is 1. The van der Waals surface area contributed by atoms with E-state index in [0.29, 0.717) is 0 Å². The van der Waals surface area contributed by atoms with Crippen molar-refractivity contribution in [2.24, 2.45) is 5.73 Å². The number of hydrogen-bond donors (Lipinski definition) is 2. The summed E-state index contributed by atoms with van der Waals surface area (Å²) in [7, 11) is 0. The zero-order valence-electron chi connectivity index (χ0n) is 9.35. The summed E-state index contributed by atoms with van der Waals surface area (Å²) in [6, 6.07) is 3.69. The van der Waals surface area contributed by atoms with E-state index in [-0.39, 0.29) is 11.9 Å². The number of nitrogens with two attached hydrogens (primary N) is 1. The van der Waals surface area contributed by atoms with Crippen molar-refractivity contribution in [2.75, 3.05) is 12.3 Å². The van der Waals surface area contributed by atoms with Crippen molar-refractivity contribution < 1.29 is 4.79 Å². The van der Waals surface area contributed by atoms with Gasteiger partial charge < -0.3 is 11.1 Å². The molecule has 1 aromatic heterocycles. The highest BCUT2D eigenvalue weighted by atomic mass is 32.2. The van der Waals surface area contributed by atoms with E-state index in [2.05, 4.69) is 10.3 Å². The van der Waals surface area contributed by atoms with Crippen molar-refractivity contribution in [3.05, 3.63) is 24.5 Å². The van der Waals surface area contributed by atoms with Gasteiger partial charge in [0.05, 0.1) is 6.04 Å². The summed E-state index contributed by atoms with van der Waals surface area (Å²) in [5.41, 5.74) is 5.28. The quantitative estimate of drug-likeness (QED) is 0.697. The number of nitrogens with zero attached hydrogens (tertiary/aromatic N) is 1. The first-order chi connectivity index (χ1) is 7.74. The molecule has 0 aromatic carbocycles. The van der Waals surface area contributed by atoms with Crippen LogP contribution in [0, 0.1) is 0 Å². The van der Waals surface area contributed by atoms with Gasteiger partial charge in [0.1, 0.15) is 0 Å². The minimum atomic E-state index is -0.280. The number of pyridine rings is 1. The molecule has 0 aliphatic rings. The van der Waals surface area contributed by atoms with Crippen molar-refractivity contribution >= 4 is 17.7 Å². The molecule has 5 heteroatoms. The first kappa shape index (κ1) is 13.0. The number of primary amides is 1. The van der Waals surface area contributed by atoms with Gasteiger partial charge in [0.2, 0.25) is 5.91 Å². The molecular weight excluding hydrogens is 222 g/mol. The highest BCUT2D eigenvalue weighted by molar-refractivity contribution is 7.99. The third kappa shape index (κ3) is 4.63. The lowest BCUT2D eigenvalue weighted by Crippen LogP contribution is -2.41. The molecule has 0 aliphatic carbocycles. The molecule has 0 radical (unpaired) electrons. The second kappa shape index (κ2) is 7.24. The maximum Gasteiger partial charge on any atom is 0.234 e. The van der Waals surface area contributed by atoms with Crippen molar-refractivity contribution in [3.8, 4) is 0 Å². The number of nitrogens with one attached hydrogen (secondary N) is 1. The first-order valence-corrected chi connectivity index (χ1v) is 6.28. The van der Waals surface area contributed by atoms with E-state index >= 15 is 0 Å². The zero-order valence-corrected chi connectivity index (χ0v) is 10.2. The Morgan fingerprint density at radius 3 is 2.81 bits per heavy atom. The first-order valence-electron chi connectivity index (χ1n) is 5.29. The molecule has 1 heterocycles. The van der Waals surface area contributed by atoms with Gasteiger partial charge in [0, 0.05) is 17.3 Å². The Bertz CT molecular complexity index is 318. The van der Waals surface area contributed by atoms with E-state index in [1.165, 1.54) is 0 Å². The summed E-state index contributed by atoms with van der Waals surface area (Å²) in [5, 5.41) is 3.07. The maximum absolute atomic E-state index is 11.1. The molecular formula is C11H17N3OS. The van der Waals surface area contributed by atoms with Gasteiger partial charge in [-0.3, -0.25) is 9.78 Å². The standard InChI is InChI=1S/C11H17N3OS/c1-2-14-10(11(12)15)5-8-16-9-3-6-13-7-4-9/h3-4,6-7,10,14H,2,5,8H2,1H3,(H2,12,15). The summed E-state index contributed by atoms with van der Waals surface area (Å²) in [4.78, 5) is 16.2. The lowest BCUT2D eigenvalue weighted by molar-refractivity contribution is -0.120. The normalized spacial score (nSPS) is 12.3. The number of carbonyl (C=O) groups excluding carboxylic acids is 1. The van der Waals surface area contributed by atoms with Crippen LogP contribution in [0.1, 0.15) is 13.3 Å². The average molecular weight is 239 g/mol. The van der Waals surface area contributed by atoms with E-state index in [0.717, 1.165) is 23.6 Å². The average Bonchev–Trinajstić information content (AvgIpc) is 2.29. The van der Waals surface area contributed by atoms with Crippen LogP contribution in [0.3, 0.4) is 0 Å². The Balaban J connectivity index is 2.31. The number of rotatable bonds is 7. The maximum atomic E-state index is 11.1. The third-order valence-electron chi connectivity index (χ3n) is 2.12. The summed E-state index contributed by atoms with van der Waals surface area (Å²) >= 11 is 1.70. The highest BCUT2D eigenvalue weighted by Crippen LogP contribution is 2.17. The van der Waals surface area contributed by atoms with Crippen LogP contribution >= 0.6 is 11.8 Å². The molecule has 1 amide bonds. The van der Waals surface area contributed by atoms with E-state index in [1.54, 1.807) is 24.2 Å². The molecule has 16 heavy (non-hydrogen) atoms. The van der Waals surface area contributed by atoms with E-state index in [4.69, 9.17) is 5.73 Å². The molecule has 1 aromatic rings. The topological polar surface area (TPSA) is 68.0 Å². The van der Waals surface area contributed by atoms with Crippen LogP contribution in [0.2, 0.25) is 0 Å². The molecule has 0 saturated heterocycles. The van der Waals surface area contributed by atoms with Gasteiger partial charge in [-0.1, -0.05) is 6.92 Å². The number of hydrogen-bond acceptors (Lipinski definition) is 4. The number of likely N-dealkylation sites (N-methyl/N-ethyl adjacent to an activating group) is 1. The molecule has 4 nitrogen and oxygen atoms in total. The van der Waals surface area contributed by atoms with Crippen molar-refractivity contribution in [1.29, 1.82) is 0 Å². The molecule has 1 unspecified atom stereocenters. The van der Waals surface area contributed by atoms with Crippen LogP contribution in [0.4, 0.5) is 0 Å². The molecule has 0 spiro atoms. The molecule has 0 saturated carbocycles. The van der Waals surface area contributed by atoms with E-state index in [1.807, 2.05) is 19.1 Å². The number of thioether (sulfide) groups is 1. The Morgan fingerprint density at radius 1 is 1.56 bits per heavy atom. The fourth-order valence-corrected chi connectivity index (χ4v) is 2.22. The summed E-state index contributed by atoms with van der Waals surface area (Å²) in [6.45, 7) is 2.72. The Hall–Kier alpha value is -1.07.